The molecule has 4 rings (SSSR count). The van der Waals surface area contributed by atoms with Gasteiger partial charge in [-0.05, 0) is 29.8 Å². The number of nitrogens with one attached hydrogen (secondary N) is 1. The Labute approximate surface area is 194 Å². The average molecular weight is 445 g/mol. The van der Waals surface area contributed by atoms with Crippen molar-refractivity contribution >= 4 is 11.7 Å². The summed E-state index contributed by atoms with van der Waals surface area (Å²) in [5.74, 6) is 0.573. The van der Waals surface area contributed by atoms with Crippen LogP contribution in [0.3, 0.4) is 0 Å². The van der Waals surface area contributed by atoms with Gasteiger partial charge in [-0.25, -0.2) is 0 Å². The maximum atomic E-state index is 12.9. The summed E-state index contributed by atoms with van der Waals surface area (Å²) in [4.78, 5) is 27.8. The van der Waals surface area contributed by atoms with Gasteiger partial charge in [-0.3, -0.25) is 14.5 Å². The van der Waals surface area contributed by atoms with Gasteiger partial charge in [-0.2, -0.15) is 0 Å². The zero-order valence-corrected chi connectivity index (χ0v) is 18.7. The molecule has 1 atom stereocenters. The average Bonchev–Trinajstić information content (AvgIpc) is 2.90. The first-order valence-electron chi connectivity index (χ1n) is 11.1. The first-order valence-corrected chi connectivity index (χ1v) is 11.1. The minimum absolute atomic E-state index is 0.0303. The van der Waals surface area contributed by atoms with Crippen molar-refractivity contribution in [2.75, 3.05) is 40.0 Å². The fourth-order valence-corrected chi connectivity index (χ4v) is 3.99. The van der Waals surface area contributed by atoms with Crippen LogP contribution in [0.25, 0.3) is 0 Å². The minimum Gasteiger partial charge on any atom is -0.497 e. The number of rotatable bonds is 8. The number of benzene rings is 3. The monoisotopic (exact) mass is 444 g/mol. The number of ketones is 1. The molecule has 170 valence electrons. The van der Waals surface area contributed by atoms with E-state index in [9.17, 15) is 9.59 Å². The van der Waals surface area contributed by atoms with E-state index in [-0.39, 0.29) is 17.7 Å². The molecule has 1 amide bonds. The van der Waals surface area contributed by atoms with E-state index >= 15 is 0 Å². The van der Waals surface area contributed by atoms with Gasteiger partial charge in [0.2, 0.25) is 0 Å². The number of amides is 1. The molecular weight excluding hydrogens is 416 g/mol. The van der Waals surface area contributed by atoms with Crippen LogP contribution in [0.15, 0.2) is 78.9 Å². The van der Waals surface area contributed by atoms with Crippen LogP contribution in [0.4, 0.5) is 0 Å². The lowest BCUT2D eigenvalue weighted by Gasteiger charge is -2.35. The van der Waals surface area contributed by atoms with Gasteiger partial charge in [0.1, 0.15) is 5.75 Å². The Bertz CT molecular complexity index is 1060. The fraction of sp³-hybridized carbons (Fsp3) is 0.259. The Hall–Kier alpha value is -3.48. The summed E-state index contributed by atoms with van der Waals surface area (Å²) in [6.07, 6.45) is 0. The molecule has 1 N–H and O–H groups in total. The normalized spacial score (nSPS) is 14.9. The molecule has 0 aliphatic carbocycles. The van der Waals surface area contributed by atoms with E-state index < -0.39 is 0 Å². The van der Waals surface area contributed by atoms with E-state index in [1.807, 2.05) is 42.5 Å². The molecule has 3 aromatic rings. The number of morpholine rings is 1. The quantitative estimate of drug-likeness (QED) is 0.537. The summed E-state index contributed by atoms with van der Waals surface area (Å²) in [5.41, 5.74) is 2.82. The van der Waals surface area contributed by atoms with Crippen LogP contribution < -0.4 is 10.1 Å². The lowest BCUT2D eigenvalue weighted by Crippen LogP contribution is -2.43. The van der Waals surface area contributed by atoms with Crippen LogP contribution in [0, 0.1) is 0 Å². The van der Waals surface area contributed by atoms with Crippen LogP contribution in [0.1, 0.15) is 37.9 Å². The second-order valence-electron chi connectivity index (χ2n) is 7.92. The Morgan fingerprint density at radius 3 is 2.12 bits per heavy atom. The van der Waals surface area contributed by atoms with E-state index in [2.05, 4.69) is 10.2 Å². The predicted molar refractivity (Wildman–Crippen MR) is 127 cm³/mol. The smallest absolute Gasteiger partial charge is 0.251 e. The van der Waals surface area contributed by atoms with Crippen molar-refractivity contribution in [1.82, 2.24) is 10.2 Å². The van der Waals surface area contributed by atoms with Gasteiger partial charge in [-0.15, -0.1) is 0 Å². The maximum absolute atomic E-state index is 12.9. The van der Waals surface area contributed by atoms with E-state index in [1.165, 1.54) is 0 Å². The summed E-state index contributed by atoms with van der Waals surface area (Å²) >= 11 is 0. The van der Waals surface area contributed by atoms with Crippen LogP contribution in [0.5, 0.6) is 5.75 Å². The molecule has 1 aliphatic heterocycles. The molecule has 1 fully saturated rings. The number of methoxy groups -OCH3 is 1. The summed E-state index contributed by atoms with van der Waals surface area (Å²) in [6.45, 7) is 3.44. The molecule has 1 heterocycles. The zero-order valence-electron chi connectivity index (χ0n) is 18.7. The van der Waals surface area contributed by atoms with Gasteiger partial charge in [-0.1, -0.05) is 54.6 Å². The zero-order chi connectivity index (χ0) is 23.0. The second kappa shape index (κ2) is 10.9. The molecule has 1 saturated heterocycles. The maximum Gasteiger partial charge on any atom is 0.251 e. The Balaban J connectivity index is 1.43. The van der Waals surface area contributed by atoms with E-state index in [0.717, 1.165) is 24.4 Å². The topological polar surface area (TPSA) is 67.9 Å². The molecule has 6 nitrogen and oxygen atoms in total. The van der Waals surface area contributed by atoms with Gasteiger partial charge >= 0.3 is 0 Å². The fourth-order valence-electron chi connectivity index (χ4n) is 3.99. The van der Waals surface area contributed by atoms with E-state index in [0.29, 0.717) is 36.4 Å². The Morgan fingerprint density at radius 1 is 0.879 bits per heavy atom. The summed E-state index contributed by atoms with van der Waals surface area (Å²) in [7, 11) is 1.65. The molecule has 1 aliphatic rings. The summed E-state index contributed by atoms with van der Waals surface area (Å²) < 4.78 is 10.8. The third-order valence-corrected chi connectivity index (χ3v) is 5.89. The first kappa shape index (κ1) is 22.7. The number of nitrogens with zero attached hydrogens (tertiary/aromatic N) is 1. The number of hydrogen-bond acceptors (Lipinski definition) is 5. The first-order chi connectivity index (χ1) is 16.2. The van der Waals surface area contributed by atoms with Crippen molar-refractivity contribution < 1.29 is 19.1 Å². The van der Waals surface area contributed by atoms with Crippen molar-refractivity contribution in [2.24, 2.45) is 0 Å². The molecule has 6 heteroatoms. The predicted octanol–water partition coefficient (Wildman–Crippen LogP) is 3.73. The molecule has 0 bridgehead atoms. The van der Waals surface area contributed by atoms with Crippen molar-refractivity contribution in [3.63, 3.8) is 0 Å². The van der Waals surface area contributed by atoms with Gasteiger partial charge in [0.15, 0.2) is 5.78 Å². The highest BCUT2D eigenvalue weighted by Gasteiger charge is 2.23. The molecule has 0 unspecified atom stereocenters. The van der Waals surface area contributed by atoms with Crippen molar-refractivity contribution in [3.05, 3.63) is 101 Å². The van der Waals surface area contributed by atoms with Gasteiger partial charge in [0.25, 0.3) is 5.91 Å². The second-order valence-corrected chi connectivity index (χ2v) is 7.92. The highest BCUT2D eigenvalue weighted by molar-refractivity contribution is 6.09. The van der Waals surface area contributed by atoms with Gasteiger partial charge in [0.05, 0.1) is 26.4 Å². The number of hydrogen-bond donors (Lipinski definition) is 1. The van der Waals surface area contributed by atoms with Crippen LogP contribution in [0.2, 0.25) is 0 Å². The van der Waals surface area contributed by atoms with Crippen molar-refractivity contribution in [3.8, 4) is 5.75 Å². The SMILES string of the molecule is COc1ccc([C@H](CNC(=O)c2ccc(C(=O)c3ccccc3)cc2)N2CCOCC2)cc1. The van der Waals surface area contributed by atoms with Gasteiger partial charge in [0, 0.05) is 36.3 Å². The lowest BCUT2D eigenvalue weighted by atomic mass is 10.0. The van der Waals surface area contributed by atoms with Crippen LogP contribution >= 0.6 is 0 Å². The van der Waals surface area contributed by atoms with Gasteiger partial charge < -0.3 is 14.8 Å². The highest BCUT2D eigenvalue weighted by Crippen LogP contribution is 2.24. The Morgan fingerprint density at radius 2 is 1.48 bits per heavy atom. The number of ether oxygens (including phenoxy) is 2. The van der Waals surface area contributed by atoms with Crippen molar-refractivity contribution in [1.29, 1.82) is 0 Å². The van der Waals surface area contributed by atoms with Crippen LogP contribution in [-0.4, -0.2) is 56.5 Å². The van der Waals surface area contributed by atoms with E-state index in [4.69, 9.17) is 9.47 Å². The highest BCUT2D eigenvalue weighted by atomic mass is 16.5. The summed E-state index contributed by atoms with van der Waals surface area (Å²) in [6, 6.07) is 23.9. The molecule has 0 spiro atoms. The molecular formula is C27H28N2O4. The Kier molecular flexibility index (Phi) is 7.50. The molecule has 33 heavy (non-hydrogen) atoms. The molecule has 3 aromatic carbocycles. The van der Waals surface area contributed by atoms with E-state index in [1.54, 1.807) is 43.5 Å². The molecule has 0 saturated carbocycles. The minimum atomic E-state index is -0.166. The third kappa shape index (κ3) is 5.66. The molecule has 0 aromatic heterocycles. The number of carbonyl (C=O) groups excluding carboxylic acids is 2. The number of carbonyl (C=O) groups is 2. The molecule has 0 radical (unpaired) electrons. The standard InChI is InChI=1S/C27H28N2O4/c1-32-24-13-11-20(12-14-24)25(29-15-17-33-18-16-29)19-28-27(31)23-9-7-22(8-10-23)26(30)21-5-3-2-4-6-21/h2-14,25H,15-19H2,1H3,(H,28,31)/t25-/m0/s1. The van der Waals surface area contributed by atoms with Crippen LogP contribution in [-0.2, 0) is 4.74 Å². The van der Waals surface area contributed by atoms with Crippen molar-refractivity contribution in [2.45, 2.75) is 6.04 Å². The third-order valence-electron chi connectivity index (χ3n) is 5.89. The lowest BCUT2D eigenvalue weighted by molar-refractivity contribution is 0.0162. The summed E-state index contributed by atoms with van der Waals surface area (Å²) in [5, 5.41) is 3.07. The largest absolute Gasteiger partial charge is 0.497 e.